The molecule has 0 radical (unpaired) electrons. The molecule has 9 rings (SSSR count). The van der Waals surface area contributed by atoms with E-state index >= 15 is 0 Å². The van der Waals surface area contributed by atoms with Crippen molar-refractivity contribution in [3.63, 3.8) is 0 Å². The second kappa shape index (κ2) is 18.4. The first kappa shape index (κ1) is 45.0. The van der Waals surface area contributed by atoms with Crippen molar-refractivity contribution < 1.29 is 47.2 Å². The fraction of sp³-hybridized carbons (Fsp3) is 0.228. The molecule has 1 unspecified atom stereocenters. The Morgan fingerprint density at radius 2 is 1.16 bits per heavy atom. The molecule has 61 heavy (non-hydrogen) atoms. The van der Waals surface area contributed by atoms with Crippen LogP contribution in [0.25, 0.3) is 39.5 Å². The zero-order valence-corrected chi connectivity index (χ0v) is 41.7. The summed E-state index contributed by atoms with van der Waals surface area (Å²) in [6, 6.07) is 60.6. The van der Waals surface area contributed by atoms with Crippen LogP contribution in [0.3, 0.4) is 0 Å². The van der Waals surface area contributed by atoms with Gasteiger partial charge in [0.15, 0.2) is 0 Å². The van der Waals surface area contributed by atoms with Crippen LogP contribution in [-0.2, 0) is 39.6 Å². The fourth-order valence-electron chi connectivity index (χ4n) is 9.92. The van der Waals surface area contributed by atoms with Gasteiger partial charge in [0.25, 0.3) is 0 Å². The number of halogens is 2. The summed E-state index contributed by atoms with van der Waals surface area (Å²) in [5, 5.41) is 3.17. The van der Waals surface area contributed by atoms with E-state index < -0.39 is 28.3 Å². The molecular weight excluding hydrogens is 875 g/mol. The zero-order chi connectivity index (χ0) is 40.9. The monoisotopic (exact) mass is 928 g/mol. The zero-order valence-electron chi connectivity index (χ0n) is 36.6. The average Bonchev–Trinajstić information content (AvgIpc) is 3.80. The molecule has 0 bridgehead atoms. The molecule has 2 aliphatic rings. The van der Waals surface area contributed by atoms with Crippen LogP contribution in [0.1, 0.15) is 106 Å². The van der Waals surface area contributed by atoms with E-state index in [2.05, 4.69) is 212 Å². The van der Waals surface area contributed by atoms with Gasteiger partial charge >= 0.3 is 338 Å². The number of benzene rings is 7. The molecular formula is C57H56Cl2SiZr. The van der Waals surface area contributed by atoms with Gasteiger partial charge in [-0.05, 0) is 0 Å². The van der Waals surface area contributed by atoms with Crippen LogP contribution < -0.4 is 38.5 Å². The molecule has 1 atom stereocenters. The van der Waals surface area contributed by atoms with Crippen molar-refractivity contribution in [2.75, 3.05) is 0 Å². The minimum atomic E-state index is -1.49. The average molecular weight is 931 g/mol. The third-order valence-corrected chi connectivity index (χ3v) is 25.7. The van der Waals surface area contributed by atoms with Gasteiger partial charge in [0.2, 0.25) is 0 Å². The topological polar surface area (TPSA) is 0 Å². The second-order valence-corrected chi connectivity index (χ2v) is 29.0. The Morgan fingerprint density at radius 1 is 0.574 bits per heavy atom. The second-order valence-electron chi connectivity index (χ2n) is 18.8. The normalized spacial score (nSPS) is 14.0. The number of fused-ring (bicyclic) bond motifs is 4. The van der Waals surface area contributed by atoms with E-state index in [0.717, 1.165) is 19.3 Å². The standard InChI is InChI=1S/C45H45.C12H11Si.2ClH.Zr/c1-8-13-32-27-39-35(31-20-18-30(19-21-31)29-14-10-9-11-15-29)16-12-17-38(39)42(32)43-40-28-33-26-34(44(2,3)4)22-23-36(33)37(40)24-25-41(43)45(5,6)7;1-3-7-11(8-4-1)13-12-9-5-2-6-10-12;;;/h9-12,14-24,26-27,42H,8,13,28H2,1-7H3;1-10,13H;2*1H;/q;;;;+2/p-2. The first-order valence-corrected chi connectivity index (χ1v) is 28.9. The SMILES string of the molecule is CCCC1=Cc2c(-c3ccc(-c4ccccc4)cc3)cccc2C1c1c2c(c[c]([Zr+2][SiH](c3ccccc3)c3ccccc3)c1C(C)(C)C)-c1ccc(C(C)(C)C)cc1C2.[Cl-].[Cl-]. The van der Waals surface area contributed by atoms with E-state index in [1.54, 1.807) is 35.9 Å². The Balaban J connectivity index is 0.00000281. The summed E-state index contributed by atoms with van der Waals surface area (Å²) < 4.78 is 1.71. The Bertz CT molecular complexity index is 2630. The quantitative estimate of drug-likeness (QED) is 0.141. The van der Waals surface area contributed by atoms with E-state index in [1.165, 1.54) is 55.6 Å². The van der Waals surface area contributed by atoms with Crippen molar-refractivity contribution in [2.45, 2.75) is 84.5 Å². The van der Waals surface area contributed by atoms with Crippen LogP contribution in [0.5, 0.6) is 0 Å². The largest absolute Gasteiger partial charge is 1.00 e. The van der Waals surface area contributed by atoms with Crippen LogP contribution in [-0.4, -0.2) is 5.92 Å². The van der Waals surface area contributed by atoms with E-state index in [0.29, 0.717) is 0 Å². The predicted molar refractivity (Wildman–Crippen MR) is 253 cm³/mol. The van der Waals surface area contributed by atoms with Crippen LogP contribution in [0.2, 0.25) is 0 Å². The molecule has 7 aromatic carbocycles. The third kappa shape index (κ3) is 8.81. The van der Waals surface area contributed by atoms with Crippen LogP contribution in [0.4, 0.5) is 0 Å². The van der Waals surface area contributed by atoms with Crippen molar-refractivity contribution in [3.8, 4) is 33.4 Å². The molecule has 0 amide bonds. The molecule has 306 valence electrons. The van der Waals surface area contributed by atoms with Gasteiger partial charge < -0.3 is 24.8 Å². The maximum absolute atomic E-state index is 2.74. The van der Waals surface area contributed by atoms with E-state index in [1.807, 2.05) is 0 Å². The molecule has 7 aromatic rings. The van der Waals surface area contributed by atoms with Gasteiger partial charge in [-0.25, -0.2) is 0 Å². The van der Waals surface area contributed by atoms with Crippen molar-refractivity contribution in [1.29, 1.82) is 0 Å². The molecule has 0 saturated carbocycles. The van der Waals surface area contributed by atoms with Crippen molar-refractivity contribution in [2.24, 2.45) is 0 Å². The Morgan fingerprint density at radius 3 is 1.75 bits per heavy atom. The molecule has 0 saturated heterocycles. The molecule has 4 heteroatoms. The van der Waals surface area contributed by atoms with Crippen molar-refractivity contribution in [3.05, 3.63) is 202 Å². The molecule has 0 nitrogen and oxygen atoms in total. The summed E-state index contributed by atoms with van der Waals surface area (Å²) in [5.74, 6) is -1.26. The first-order chi connectivity index (χ1) is 28.5. The number of rotatable bonds is 9. The van der Waals surface area contributed by atoms with Gasteiger partial charge in [-0.15, -0.1) is 0 Å². The van der Waals surface area contributed by atoms with Gasteiger partial charge in [-0.3, -0.25) is 0 Å². The molecule has 0 N–H and O–H groups in total. The minimum absolute atomic E-state index is 0. The van der Waals surface area contributed by atoms with Gasteiger partial charge in [0, 0.05) is 0 Å². The number of allylic oxidation sites excluding steroid dienone is 1. The van der Waals surface area contributed by atoms with E-state index in [4.69, 9.17) is 0 Å². The Hall–Kier alpha value is -4.04. The summed E-state index contributed by atoms with van der Waals surface area (Å²) in [4.78, 5) is 0. The van der Waals surface area contributed by atoms with E-state index in [9.17, 15) is 0 Å². The summed E-state index contributed by atoms with van der Waals surface area (Å²) in [6.45, 7) is 16.9. The van der Waals surface area contributed by atoms with Crippen molar-refractivity contribution in [1.82, 2.24) is 0 Å². The van der Waals surface area contributed by atoms with E-state index in [-0.39, 0.29) is 41.6 Å². The van der Waals surface area contributed by atoms with Gasteiger partial charge in [0.05, 0.1) is 0 Å². The number of hydrogen-bond donors (Lipinski definition) is 0. The maximum Gasteiger partial charge on any atom is -1.00 e. The molecule has 0 aliphatic heterocycles. The fourth-order valence-corrected chi connectivity index (χ4v) is 23.3. The van der Waals surface area contributed by atoms with Gasteiger partial charge in [-0.2, -0.15) is 0 Å². The van der Waals surface area contributed by atoms with Gasteiger partial charge in [0.1, 0.15) is 0 Å². The molecule has 2 aliphatic carbocycles. The first-order valence-electron chi connectivity index (χ1n) is 21.7. The van der Waals surface area contributed by atoms with Crippen LogP contribution in [0.15, 0.2) is 163 Å². The molecule has 0 fully saturated rings. The smallest absolute Gasteiger partial charge is 1.00 e. The summed E-state index contributed by atoms with van der Waals surface area (Å²) in [7, 11) is 0. The molecule has 0 heterocycles. The predicted octanol–water partition coefficient (Wildman–Crippen LogP) is 6.77. The molecule has 0 aromatic heterocycles. The van der Waals surface area contributed by atoms with Crippen LogP contribution in [0, 0.1) is 0 Å². The third-order valence-electron chi connectivity index (χ3n) is 12.7. The summed E-state index contributed by atoms with van der Waals surface area (Å²) in [6.07, 6.45) is 5.84. The van der Waals surface area contributed by atoms with Crippen LogP contribution >= 0.6 is 0 Å². The maximum atomic E-state index is 2.74. The summed E-state index contributed by atoms with van der Waals surface area (Å²) >= 11 is -1.17. The molecule has 0 spiro atoms. The summed E-state index contributed by atoms with van der Waals surface area (Å²) in [5.41, 5.74) is 20.5. The Kier molecular flexibility index (Phi) is 13.5. The minimum Gasteiger partial charge on any atom is -1.00 e. The number of hydrogen-bond acceptors (Lipinski definition) is 0. The van der Waals surface area contributed by atoms with Gasteiger partial charge in [-0.1, -0.05) is 30.3 Å². The van der Waals surface area contributed by atoms with Crippen molar-refractivity contribution >= 4 is 25.6 Å². The Labute approximate surface area is 389 Å².